The number of nitriles is 1. The Balaban J connectivity index is 1.80. The highest BCUT2D eigenvalue weighted by molar-refractivity contribution is 6.00. The van der Waals surface area contributed by atoms with Gasteiger partial charge in [0.25, 0.3) is 0 Å². The largest absolute Gasteiger partial charge is 0.479 e. The van der Waals surface area contributed by atoms with Gasteiger partial charge in [-0.1, -0.05) is 38.1 Å². The third-order valence-electron chi connectivity index (χ3n) is 3.94. The molecule has 0 aliphatic heterocycles. The highest BCUT2D eigenvalue weighted by Gasteiger charge is 2.10. The predicted molar refractivity (Wildman–Crippen MR) is 105 cm³/mol. The maximum absolute atomic E-state index is 12.3. The molecule has 140 valence electrons. The van der Waals surface area contributed by atoms with E-state index < -0.39 is 0 Å². The third kappa shape index (κ3) is 6.95. The van der Waals surface area contributed by atoms with E-state index in [0.717, 1.165) is 6.42 Å². The van der Waals surface area contributed by atoms with Crippen LogP contribution in [0.4, 0.5) is 5.69 Å². The molecule has 1 amide bonds. The quantitative estimate of drug-likeness (QED) is 0.669. The van der Waals surface area contributed by atoms with Crippen molar-refractivity contribution in [3.8, 4) is 11.8 Å². The average molecular weight is 364 g/mol. The van der Waals surface area contributed by atoms with Gasteiger partial charge in [-0.3, -0.25) is 9.59 Å². The van der Waals surface area contributed by atoms with Gasteiger partial charge in [0, 0.05) is 24.1 Å². The van der Waals surface area contributed by atoms with Crippen molar-refractivity contribution in [1.82, 2.24) is 0 Å². The first-order valence-corrected chi connectivity index (χ1v) is 8.99. The van der Waals surface area contributed by atoms with Crippen LogP contribution in [-0.4, -0.2) is 18.3 Å². The molecule has 0 fully saturated rings. The smallest absolute Gasteiger partial charge is 0.224 e. The summed E-state index contributed by atoms with van der Waals surface area (Å²) < 4.78 is 5.15. The zero-order valence-corrected chi connectivity index (χ0v) is 15.7. The van der Waals surface area contributed by atoms with Crippen LogP contribution < -0.4 is 10.1 Å². The number of carbonyl (C=O) groups excluding carboxylic acids is 2. The number of amides is 1. The monoisotopic (exact) mass is 364 g/mol. The topological polar surface area (TPSA) is 79.2 Å². The number of hydrogen-bond donors (Lipinski definition) is 1. The SMILES string of the molecule is CC(C)Cc1ccc(C(=O)CCC(=O)Nc2ccc(OCC#N)cc2)cc1. The molecular weight excluding hydrogens is 340 g/mol. The Morgan fingerprint density at radius 3 is 2.30 bits per heavy atom. The van der Waals surface area contributed by atoms with Crippen LogP contribution in [0.5, 0.6) is 5.75 Å². The standard InChI is InChI=1S/C22H24N2O3/c1-16(2)15-17-3-5-18(6-4-17)21(25)11-12-22(26)24-19-7-9-20(10-8-19)27-14-13-23/h3-10,16H,11-12,14-15H2,1-2H3,(H,24,26). The Bertz CT molecular complexity index is 803. The molecule has 5 heteroatoms. The molecule has 27 heavy (non-hydrogen) atoms. The Morgan fingerprint density at radius 1 is 1.04 bits per heavy atom. The van der Waals surface area contributed by atoms with Gasteiger partial charge in [-0.25, -0.2) is 0 Å². The van der Waals surface area contributed by atoms with Crippen LogP contribution in [0.15, 0.2) is 48.5 Å². The molecule has 0 aliphatic rings. The lowest BCUT2D eigenvalue weighted by atomic mass is 9.99. The number of hydrogen-bond acceptors (Lipinski definition) is 4. The molecule has 0 saturated carbocycles. The molecular formula is C22H24N2O3. The number of ether oxygens (including phenoxy) is 1. The average Bonchev–Trinajstić information content (AvgIpc) is 2.65. The first-order chi connectivity index (χ1) is 13.0. The van der Waals surface area contributed by atoms with Crippen LogP contribution in [0.2, 0.25) is 0 Å². The van der Waals surface area contributed by atoms with Crippen LogP contribution in [0, 0.1) is 17.2 Å². The van der Waals surface area contributed by atoms with Crippen molar-refractivity contribution in [2.24, 2.45) is 5.92 Å². The summed E-state index contributed by atoms with van der Waals surface area (Å²) in [5.41, 5.74) is 2.46. The zero-order valence-electron chi connectivity index (χ0n) is 15.7. The summed E-state index contributed by atoms with van der Waals surface area (Å²) in [6.07, 6.45) is 1.27. The summed E-state index contributed by atoms with van der Waals surface area (Å²) in [6.45, 7) is 4.29. The lowest BCUT2D eigenvalue weighted by molar-refractivity contribution is -0.116. The summed E-state index contributed by atoms with van der Waals surface area (Å²) in [6, 6.07) is 16.2. The van der Waals surface area contributed by atoms with Crippen LogP contribution in [-0.2, 0) is 11.2 Å². The Hall–Kier alpha value is -3.13. The predicted octanol–water partition coefficient (Wildman–Crippen LogP) is 4.39. The van der Waals surface area contributed by atoms with Crippen LogP contribution >= 0.6 is 0 Å². The summed E-state index contributed by atoms with van der Waals surface area (Å²) in [5.74, 6) is 0.875. The maximum Gasteiger partial charge on any atom is 0.224 e. The fourth-order valence-corrected chi connectivity index (χ4v) is 2.64. The number of rotatable bonds is 9. The lowest BCUT2D eigenvalue weighted by Crippen LogP contribution is -2.13. The van der Waals surface area contributed by atoms with E-state index in [0.29, 0.717) is 22.9 Å². The van der Waals surface area contributed by atoms with Crippen molar-refractivity contribution in [3.63, 3.8) is 0 Å². The van der Waals surface area contributed by atoms with Gasteiger partial charge in [-0.15, -0.1) is 0 Å². The molecule has 0 saturated heterocycles. The van der Waals surface area contributed by atoms with E-state index in [1.807, 2.05) is 30.3 Å². The van der Waals surface area contributed by atoms with Gasteiger partial charge in [0.15, 0.2) is 12.4 Å². The molecule has 2 rings (SSSR count). The molecule has 0 heterocycles. The van der Waals surface area contributed by atoms with Gasteiger partial charge in [0.05, 0.1) is 0 Å². The van der Waals surface area contributed by atoms with E-state index in [4.69, 9.17) is 10.00 Å². The third-order valence-corrected chi connectivity index (χ3v) is 3.94. The summed E-state index contributed by atoms with van der Waals surface area (Å²) in [4.78, 5) is 24.3. The van der Waals surface area contributed by atoms with E-state index in [-0.39, 0.29) is 31.1 Å². The Kier molecular flexibility index (Phi) is 7.57. The Morgan fingerprint density at radius 2 is 1.70 bits per heavy atom. The van der Waals surface area contributed by atoms with Crippen molar-refractivity contribution >= 4 is 17.4 Å². The fourth-order valence-electron chi connectivity index (χ4n) is 2.64. The van der Waals surface area contributed by atoms with Gasteiger partial charge < -0.3 is 10.1 Å². The minimum Gasteiger partial charge on any atom is -0.479 e. The van der Waals surface area contributed by atoms with Crippen LogP contribution in [0.3, 0.4) is 0 Å². The highest BCUT2D eigenvalue weighted by atomic mass is 16.5. The summed E-state index contributed by atoms with van der Waals surface area (Å²) in [7, 11) is 0. The molecule has 1 N–H and O–H groups in total. The van der Waals surface area contributed by atoms with E-state index in [1.54, 1.807) is 24.3 Å². The second-order valence-corrected chi connectivity index (χ2v) is 6.74. The number of benzene rings is 2. The normalized spacial score (nSPS) is 10.3. The second kappa shape index (κ2) is 10.1. The molecule has 0 bridgehead atoms. The Labute approximate surface area is 160 Å². The van der Waals surface area contributed by atoms with Gasteiger partial charge in [-0.05, 0) is 42.2 Å². The van der Waals surface area contributed by atoms with Gasteiger partial charge in [0.2, 0.25) is 5.91 Å². The molecule has 0 radical (unpaired) electrons. The molecule has 5 nitrogen and oxygen atoms in total. The van der Waals surface area contributed by atoms with Crippen molar-refractivity contribution < 1.29 is 14.3 Å². The van der Waals surface area contributed by atoms with Crippen molar-refractivity contribution in [2.45, 2.75) is 33.1 Å². The first kappa shape index (κ1) is 20.2. The molecule has 0 spiro atoms. The molecule has 0 unspecified atom stereocenters. The van der Waals surface area contributed by atoms with E-state index in [2.05, 4.69) is 19.2 Å². The van der Waals surface area contributed by atoms with Crippen molar-refractivity contribution in [2.75, 3.05) is 11.9 Å². The van der Waals surface area contributed by atoms with Crippen molar-refractivity contribution in [3.05, 3.63) is 59.7 Å². The van der Waals surface area contributed by atoms with Crippen LogP contribution in [0.1, 0.15) is 42.6 Å². The molecule has 2 aromatic rings. The minimum absolute atomic E-state index is 0.0216. The number of carbonyl (C=O) groups is 2. The number of Topliss-reactive ketones (excluding diaryl/α,β-unsaturated/α-hetero) is 1. The maximum atomic E-state index is 12.3. The van der Waals surface area contributed by atoms with Gasteiger partial charge in [0.1, 0.15) is 11.8 Å². The lowest BCUT2D eigenvalue weighted by Gasteiger charge is -2.07. The minimum atomic E-state index is -0.217. The van der Waals surface area contributed by atoms with Gasteiger partial charge >= 0.3 is 0 Å². The van der Waals surface area contributed by atoms with E-state index in [9.17, 15) is 9.59 Å². The summed E-state index contributed by atoms with van der Waals surface area (Å²) in [5, 5.41) is 11.2. The zero-order chi connectivity index (χ0) is 19.6. The first-order valence-electron chi connectivity index (χ1n) is 8.99. The molecule has 0 aromatic heterocycles. The number of nitrogens with zero attached hydrogens (tertiary/aromatic N) is 1. The summed E-state index contributed by atoms with van der Waals surface area (Å²) >= 11 is 0. The van der Waals surface area contributed by atoms with Crippen molar-refractivity contribution in [1.29, 1.82) is 5.26 Å². The number of anilines is 1. The molecule has 0 aliphatic carbocycles. The molecule has 0 atom stereocenters. The number of nitrogens with one attached hydrogen (secondary N) is 1. The number of ketones is 1. The van der Waals surface area contributed by atoms with E-state index >= 15 is 0 Å². The highest BCUT2D eigenvalue weighted by Crippen LogP contribution is 2.16. The van der Waals surface area contributed by atoms with Gasteiger partial charge in [-0.2, -0.15) is 5.26 Å². The van der Waals surface area contributed by atoms with E-state index in [1.165, 1.54) is 5.56 Å². The second-order valence-electron chi connectivity index (χ2n) is 6.74. The molecule has 2 aromatic carbocycles. The van der Waals surface area contributed by atoms with Crippen LogP contribution in [0.25, 0.3) is 0 Å². The fraction of sp³-hybridized carbons (Fsp3) is 0.318.